The smallest absolute Gasteiger partial charge is 0.255 e. The number of hydrogen-bond acceptors (Lipinski definition) is 4. The van der Waals surface area contributed by atoms with Crippen LogP contribution < -0.4 is 14.8 Å². The highest BCUT2D eigenvalue weighted by molar-refractivity contribution is 6.05. The zero-order chi connectivity index (χ0) is 21.8. The molecule has 1 aromatic heterocycles. The van der Waals surface area contributed by atoms with Crippen molar-refractivity contribution >= 4 is 22.6 Å². The molecule has 6 nitrogen and oxygen atoms in total. The summed E-state index contributed by atoms with van der Waals surface area (Å²) in [6, 6.07) is 20.6. The molecule has 0 aliphatic heterocycles. The molecule has 1 amide bonds. The summed E-state index contributed by atoms with van der Waals surface area (Å²) in [5, 5.41) is 2.95. The van der Waals surface area contributed by atoms with Gasteiger partial charge in [-0.15, -0.1) is 0 Å². The Bertz CT molecular complexity index is 1170. The molecule has 2 N–H and O–H groups in total. The number of nitrogens with zero attached hydrogens (tertiary/aromatic N) is 1. The second kappa shape index (κ2) is 8.92. The molecule has 158 valence electrons. The van der Waals surface area contributed by atoms with E-state index in [-0.39, 0.29) is 12.0 Å². The number of rotatable bonds is 7. The van der Waals surface area contributed by atoms with Gasteiger partial charge >= 0.3 is 0 Å². The fourth-order valence-corrected chi connectivity index (χ4v) is 3.24. The summed E-state index contributed by atoms with van der Waals surface area (Å²) in [4.78, 5) is 20.8. The molecule has 4 rings (SSSR count). The largest absolute Gasteiger partial charge is 0.495 e. The predicted octanol–water partition coefficient (Wildman–Crippen LogP) is 5.67. The van der Waals surface area contributed by atoms with Crippen molar-refractivity contribution in [3.05, 3.63) is 72.3 Å². The zero-order valence-electron chi connectivity index (χ0n) is 17.8. The highest BCUT2D eigenvalue weighted by atomic mass is 16.5. The number of aromatic nitrogens is 2. The van der Waals surface area contributed by atoms with E-state index in [2.05, 4.69) is 22.2 Å². The fourth-order valence-electron chi connectivity index (χ4n) is 3.24. The van der Waals surface area contributed by atoms with E-state index in [0.717, 1.165) is 34.6 Å². The normalized spacial score (nSPS) is 11.8. The second-order valence-electron chi connectivity index (χ2n) is 7.33. The van der Waals surface area contributed by atoms with Crippen LogP contribution in [0.5, 0.6) is 11.5 Å². The molecule has 0 aliphatic carbocycles. The van der Waals surface area contributed by atoms with E-state index >= 15 is 0 Å². The van der Waals surface area contributed by atoms with E-state index in [4.69, 9.17) is 9.47 Å². The van der Waals surface area contributed by atoms with Crippen LogP contribution in [0.4, 0.5) is 5.69 Å². The Morgan fingerprint density at radius 1 is 1.10 bits per heavy atom. The minimum Gasteiger partial charge on any atom is -0.495 e. The lowest BCUT2D eigenvalue weighted by Gasteiger charge is -2.14. The minimum atomic E-state index is -0.227. The SMILES string of the molecule is CC[C@@H](C)Oc1ccc(C(=O)Nc2cc(-c3nc4ccccc4[nH]3)ccc2OC)cc1. The summed E-state index contributed by atoms with van der Waals surface area (Å²) in [5.74, 6) is 1.82. The van der Waals surface area contributed by atoms with Crippen LogP contribution in [0.3, 0.4) is 0 Å². The van der Waals surface area contributed by atoms with Gasteiger partial charge in [0.05, 0.1) is 29.9 Å². The van der Waals surface area contributed by atoms with E-state index in [9.17, 15) is 4.79 Å². The molecule has 3 aromatic carbocycles. The van der Waals surface area contributed by atoms with Gasteiger partial charge in [-0.3, -0.25) is 4.79 Å². The third-order valence-corrected chi connectivity index (χ3v) is 5.14. The summed E-state index contributed by atoms with van der Waals surface area (Å²) in [7, 11) is 1.58. The fraction of sp³-hybridized carbons (Fsp3) is 0.200. The monoisotopic (exact) mass is 415 g/mol. The van der Waals surface area contributed by atoms with Crippen LogP contribution in [-0.2, 0) is 0 Å². The van der Waals surface area contributed by atoms with E-state index in [0.29, 0.717) is 17.0 Å². The maximum absolute atomic E-state index is 12.8. The molecule has 0 fully saturated rings. The number of imidazole rings is 1. The number of amides is 1. The van der Waals surface area contributed by atoms with Crippen molar-refractivity contribution in [2.45, 2.75) is 26.4 Å². The highest BCUT2D eigenvalue weighted by Gasteiger charge is 2.13. The number of methoxy groups -OCH3 is 1. The molecule has 0 bridgehead atoms. The first kappa shape index (κ1) is 20.5. The number of H-pyrrole nitrogens is 1. The molecule has 0 saturated carbocycles. The Labute approximate surface area is 181 Å². The standard InChI is InChI=1S/C25H25N3O3/c1-4-16(2)31-19-12-9-17(10-13-19)25(29)28-22-15-18(11-14-23(22)30-3)24-26-20-7-5-6-8-21(20)27-24/h5-16H,4H2,1-3H3,(H,26,27)(H,28,29)/t16-/m1/s1. The van der Waals surface area contributed by atoms with Crippen LogP contribution in [0.2, 0.25) is 0 Å². The van der Waals surface area contributed by atoms with Crippen molar-refractivity contribution < 1.29 is 14.3 Å². The van der Waals surface area contributed by atoms with E-state index < -0.39 is 0 Å². The number of para-hydroxylation sites is 2. The number of carbonyl (C=O) groups excluding carboxylic acids is 1. The van der Waals surface area contributed by atoms with E-state index in [1.165, 1.54) is 0 Å². The molecule has 6 heteroatoms. The van der Waals surface area contributed by atoms with Crippen molar-refractivity contribution in [1.82, 2.24) is 9.97 Å². The maximum Gasteiger partial charge on any atom is 0.255 e. The van der Waals surface area contributed by atoms with Crippen LogP contribution >= 0.6 is 0 Å². The Morgan fingerprint density at radius 2 is 1.87 bits per heavy atom. The first-order valence-electron chi connectivity index (χ1n) is 10.3. The molecular weight excluding hydrogens is 390 g/mol. The molecule has 0 radical (unpaired) electrons. The summed E-state index contributed by atoms with van der Waals surface area (Å²) in [6.45, 7) is 4.08. The molecule has 1 heterocycles. The second-order valence-corrected chi connectivity index (χ2v) is 7.33. The number of fused-ring (bicyclic) bond motifs is 1. The Morgan fingerprint density at radius 3 is 2.58 bits per heavy atom. The molecule has 31 heavy (non-hydrogen) atoms. The molecule has 0 unspecified atom stereocenters. The van der Waals surface area contributed by atoms with Crippen LogP contribution in [0.1, 0.15) is 30.6 Å². The quantitative estimate of drug-likeness (QED) is 0.408. The number of carbonyl (C=O) groups is 1. The Balaban J connectivity index is 1.57. The summed E-state index contributed by atoms with van der Waals surface area (Å²) >= 11 is 0. The van der Waals surface area contributed by atoms with Gasteiger partial charge in [-0.1, -0.05) is 19.1 Å². The summed E-state index contributed by atoms with van der Waals surface area (Å²) < 4.78 is 11.2. The molecule has 1 atom stereocenters. The minimum absolute atomic E-state index is 0.130. The van der Waals surface area contributed by atoms with Gasteiger partial charge in [0.2, 0.25) is 0 Å². The van der Waals surface area contributed by atoms with Crippen molar-refractivity contribution in [1.29, 1.82) is 0 Å². The summed E-state index contributed by atoms with van der Waals surface area (Å²) in [5.41, 5.74) is 3.81. The van der Waals surface area contributed by atoms with Gasteiger partial charge in [-0.2, -0.15) is 0 Å². The lowest BCUT2D eigenvalue weighted by molar-refractivity contribution is 0.102. The van der Waals surface area contributed by atoms with Crippen molar-refractivity contribution in [2.75, 3.05) is 12.4 Å². The lowest BCUT2D eigenvalue weighted by atomic mass is 10.1. The first-order chi connectivity index (χ1) is 15.1. The van der Waals surface area contributed by atoms with Crippen molar-refractivity contribution in [2.24, 2.45) is 0 Å². The lowest BCUT2D eigenvalue weighted by Crippen LogP contribution is -2.13. The molecule has 0 saturated heterocycles. The predicted molar refractivity (Wildman–Crippen MR) is 123 cm³/mol. The number of hydrogen-bond donors (Lipinski definition) is 2. The van der Waals surface area contributed by atoms with Gasteiger partial charge in [-0.05, 0) is 67.9 Å². The zero-order valence-corrected chi connectivity index (χ0v) is 17.8. The number of anilines is 1. The van der Waals surface area contributed by atoms with Gasteiger partial charge in [-0.25, -0.2) is 4.98 Å². The van der Waals surface area contributed by atoms with Gasteiger partial charge in [0.25, 0.3) is 5.91 Å². The van der Waals surface area contributed by atoms with Gasteiger partial charge < -0.3 is 19.8 Å². The Kier molecular flexibility index (Phi) is 5.89. The molecular formula is C25H25N3O3. The molecule has 0 spiro atoms. The van der Waals surface area contributed by atoms with Crippen LogP contribution in [0.15, 0.2) is 66.7 Å². The third-order valence-electron chi connectivity index (χ3n) is 5.14. The van der Waals surface area contributed by atoms with Gasteiger partial charge in [0.15, 0.2) is 0 Å². The van der Waals surface area contributed by atoms with Crippen LogP contribution in [-0.4, -0.2) is 29.1 Å². The number of benzene rings is 3. The van der Waals surface area contributed by atoms with Crippen LogP contribution in [0, 0.1) is 0 Å². The average molecular weight is 415 g/mol. The van der Waals surface area contributed by atoms with Crippen LogP contribution in [0.25, 0.3) is 22.4 Å². The number of nitrogens with one attached hydrogen (secondary N) is 2. The average Bonchev–Trinajstić information content (AvgIpc) is 3.23. The third kappa shape index (κ3) is 4.53. The summed E-state index contributed by atoms with van der Waals surface area (Å²) in [6.07, 6.45) is 1.05. The molecule has 4 aromatic rings. The van der Waals surface area contributed by atoms with E-state index in [1.807, 2.05) is 61.5 Å². The van der Waals surface area contributed by atoms with Gasteiger partial charge in [0.1, 0.15) is 17.3 Å². The van der Waals surface area contributed by atoms with E-state index in [1.54, 1.807) is 19.2 Å². The molecule has 0 aliphatic rings. The number of ether oxygens (including phenoxy) is 2. The topological polar surface area (TPSA) is 76.2 Å². The maximum atomic E-state index is 12.8. The number of aromatic amines is 1. The van der Waals surface area contributed by atoms with Crippen molar-refractivity contribution in [3.8, 4) is 22.9 Å². The Hall–Kier alpha value is -3.80. The van der Waals surface area contributed by atoms with Gasteiger partial charge in [0, 0.05) is 11.1 Å². The highest BCUT2D eigenvalue weighted by Crippen LogP contribution is 2.31. The first-order valence-corrected chi connectivity index (χ1v) is 10.3. The van der Waals surface area contributed by atoms with Crippen molar-refractivity contribution in [3.63, 3.8) is 0 Å².